The summed E-state index contributed by atoms with van der Waals surface area (Å²) < 4.78 is 10.00. The van der Waals surface area contributed by atoms with E-state index in [1.165, 1.54) is 14.0 Å². The van der Waals surface area contributed by atoms with Crippen molar-refractivity contribution in [3.05, 3.63) is 0 Å². The van der Waals surface area contributed by atoms with E-state index in [-0.39, 0.29) is 18.5 Å². The SMILES string of the molecule is CCCCC(CCCC)(COC(C)=O)C(=O)OC. The van der Waals surface area contributed by atoms with Crippen LogP contribution in [0.4, 0.5) is 0 Å². The number of hydrogen-bond donors (Lipinski definition) is 0. The van der Waals surface area contributed by atoms with Crippen molar-refractivity contribution in [3.63, 3.8) is 0 Å². The molecule has 0 unspecified atom stereocenters. The Kier molecular flexibility index (Phi) is 8.42. The first-order valence-electron chi connectivity index (χ1n) is 6.74. The Bertz CT molecular complexity index is 253. The van der Waals surface area contributed by atoms with Crippen LogP contribution in [0.5, 0.6) is 0 Å². The van der Waals surface area contributed by atoms with Gasteiger partial charge in [0.2, 0.25) is 0 Å². The number of carbonyl (C=O) groups is 2. The Morgan fingerprint density at radius 1 is 1.06 bits per heavy atom. The van der Waals surface area contributed by atoms with Gasteiger partial charge in [0, 0.05) is 6.92 Å². The zero-order chi connectivity index (χ0) is 14.0. The van der Waals surface area contributed by atoms with E-state index < -0.39 is 5.41 Å². The molecular formula is C14H26O4. The van der Waals surface area contributed by atoms with Gasteiger partial charge in [-0.15, -0.1) is 0 Å². The molecule has 4 nitrogen and oxygen atoms in total. The quantitative estimate of drug-likeness (QED) is 0.596. The molecule has 0 bridgehead atoms. The minimum Gasteiger partial charge on any atom is -0.468 e. The van der Waals surface area contributed by atoms with E-state index >= 15 is 0 Å². The minimum absolute atomic E-state index is 0.134. The van der Waals surface area contributed by atoms with Gasteiger partial charge in [0.25, 0.3) is 0 Å². The summed E-state index contributed by atoms with van der Waals surface area (Å²) in [4.78, 5) is 23.0. The van der Waals surface area contributed by atoms with Crippen LogP contribution in [-0.4, -0.2) is 25.7 Å². The number of methoxy groups -OCH3 is 1. The molecule has 0 aromatic rings. The third-order valence-corrected chi connectivity index (χ3v) is 3.19. The van der Waals surface area contributed by atoms with Gasteiger partial charge in [0.15, 0.2) is 0 Å². The second-order valence-electron chi connectivity index (χ2n) is 4.76. The van der Waals surface area contributed by atoms with Gasteiger partial charge < -0.3 is 9.47 Å². The normalized spacial score (nSPS) is 11.1. The van der Waals surface area contributed by atoms with Crippen LogP contribution in [0.2, 0.25) is 0 Å². The third kappa shape index (κ3) is 5.52. The molecule has 0 aliphatic heterocycles. The molecule has 0 N–H and O–H groups in total. The van der Waals surface area contributed by atoms with E-state index in [4.69, 9.17) is 9.47 Å². The van der Waals surface area contributed by atoms with E-state index in [1.54, 1.807) is 0 Å². The van der Waals surface area contributed by atoms with Crippen LogP contribution in [-0.2, 0) is 19.1 Å². The summed E-state index contributed by atoms with van der Waals surface area (Å²) in [7, 11) is 1.39. The van der Waals surface area contributed by atoms with Gasteiger partial charge in [-0.05, 0) is 12.8 Å². The summed E-state index contributed by atoms with van der Waals surface area (Å²) in [6.07, 6.45) is 5.29. The lowest BCUT2D eigenvalue weighted by Gasteiger charge is -2.30. The Hall–Kier alpha value is -1.06. The molecule has 0 atom stereocenters. The average Bonchev–Trinajstić information content (AvgIpc) is 2.37. The number of carbonyl (C=O) groups excluding carboxylic acids is 2. The number of unbranched alkanes of at least 4 members (excludes halogenated alkanes) is 2. The van der Waals surface area contributed by atoms with E-state index in [2.05, 4.69) is 13.8 Å². The standard InChI is InChI=1S/C14H26O4/c1-5-7-9-14(10-8-6-2,13(16)17-4)11-18-12(3)15/h5-11H2,1-4H3. The first kappa shape index (κ1) is 16.9. The van der Waals surface area contributed by atoms with Crippen LogP contribution in [0.15, 0.2) is 0 Å². The average molecular weight is 258 g/mol. The van der Waals surface area contributed by atoms with E-state index in [1.807, 2.05) is 0 Å². The second kappa shape index (κ2) is 8.95. The maximum Gasteiger partial charge on any atom is 0.315 e. The highest BCUT2D eigenvalue weighted by Crippen LogP contribution is 2.33. The van der Waals surface area contributed by atoms with Gasteiger partial charge in [-0.25, -0.2) is 0 Å². The zero-order valence-electron chi connectivity index (χ0n) is 12.1. The molecule has 0 aromatic carbocycles. The Balaban J connectivity index is 4.85. The van der Waals surface area contributed by atoms with E-state index in [0.717, 1.165) is 25.7 Å². The summed E-state index contributed by atoms with van der Waals surface area (Å²) in [5.41, 5.74) is -0.660. The maximum atomic E-state index is 12.0. The predicted octanol–water partition coefficient (Wildman–Crippen LogP) is 3.09. The van der Waals surface area contributed by atoms with Gasteiger partial charge in [0.1, 0.15) is 12.0 Å². The molecule has 0 aliphatic rings. The minimum atomic E-state index is -0.660. The summed E-state index contributed by atoms with van der Waals surface area (Å²) in [6.45, 7) is 5.65. The molecule has 0 saturated carbocycles. The smallest absolute Gasteiger partial charge is 0.315 e. The highest BCUT2D eigenvalue weighted by Gasteiger charge is 2.39. The molecule has 4 heteroatoms. The van der Waals surface area contributed by atoms with Crippen molar-refractivity contribution < 1.29 is 19.1 Å². The molecule has 0 saturated heterocycles. The third-order valence-electron chi connectivity index (χ3n) is 3.19. The molecule has 0 aliphatic carbocycles. The van der Waals surface area contributed by atoms with Crippen molar-refractivity contribution in [2.45, 2.75) is 59.3 Å². The predicted molar refractivity (Wildman–Crippen MR) is 70.1 cm³/mol. The van der Waals surface area contributed by atoms with Gasteiger partial charge in [-0.1, -0.05) is 39.5 Å². The van der Waals surface area contributed by atoms with Crippen molar-refractivity contribution in [2.24, 2.45) is 5.41 Å². The van der Waals surface area contributed by atoms with Crippen LogP contribution in [0.1, 0.15) is 59.3 Å². The lowest BCUT2D eigenvalue weighted by molar-refractivity contribution is -0.162. The first-order chi connectivity index (χ1) is 8.52. The van der Waals surface area contributed by atoms with Crippen LogP contribution in [0.25, 0.3) is 0 Å². The van der Waals surface area contributed by atoms with Gasteiger partial charge in [0.05, 0.1) is 7.11 Å². The van der Waals surface area contributed by atoms with E-state index in [9.17, 15) is 9.59 Å². The Morgan fingerprint density at radius 3 is 1.89 bits per heavy atom. The lowest BCUT2D eigenvalue weighted by Crippen LogP contribution is -2.37. The molecule has 0 amide bonds. The van der Waals surface area contributed by atoms with Crippen LogP contribution >= 0.6 is 0 Å². The highest BCUT2D eigenvalue weighted by atomic mass is 16.5. The Labute approximate surface area is 110 Å². The summed E-state index contributed by atoms with van der Waals surface area (Å²) in [5.74, 6) is -0.609. The maximum absolute atomic E-state index is 12.0. The van der Waals surface area contributed by atoms with Gasteiger partial charge >= 0.3 is 11.9 Å². The summed E-state index contributed by atoms with van der Waals surface area (Å²) in [5, 5.41) is 0. The molecule has 0 radical (unpaired) electrons. The Morgan fingerprint density at radius 2 is 1.56 bits per heavy atom. The van der Waals surface area contributed by atoms with Crippen LogP contribution in [0.3, 0.4) is 0 Å². The molecule has 0 aromatic heterocycles. The number of ether oxygens (including phenoxy) is 2. The van der Waals surface area contributed by atoms with Gasteiger partial charge in [-0.3, -0.25) is 9.59 Å². The fourth-order valence-electron chi connectivity index (χ4n) is 2.02. The van der Waals surface area contributed by atoms with Crippen molar-refractivity contribution in [3.8, 4) is 0 Å². The monoisotopic (exact) mass is 258 g/mol. The van der Waals surface area contributed by atoms with Gasteiger partial charge in [-0.2, -0.15) is 0 Å². The van der Waals surface area contributed by atoms with Crippen molar-refractivity contribution in [1.82, 2.24) is 0 Å². The van der Waals surface area contributed by atoms with Crippen LogP contribution < -0.4 is 0 Å². The fraction of sp³-hybridized carbons (Fsp3) is 0.857. The molecule has 0 heterocycles. The van der Waals surface area contributed by atoms with E-state index in [0.29, 0.717) is 12.8 Å². The molecule has 106 valence electrons. The van der Waals surface area contributed by atoms with Crippen molar-refractivity contribution in [2.75, 3.05) is 13.7 Å². The second-order valence-corrected chi connectivity index (χ2v) is 4.76. The number of esters is 2. The number of hydrogen-bond acceptors (Lipinski definition) is 4. The van der Waals surface area contributed by atoms with Crippen molar-refractivity contribution in [1.29, 1.82) is 0 Å². The number of rotatable bonds is 9. The van der Waals surface area contributed by atoms with Crippen molar-refractivity contribution >= 4 is 11.9 Å². The lowest BCUT2D eigenvalue weighted by atomic mass is 9.79. The largest absolute Gasteiger partial charge is 0.468 e. The molecule has 0 spiro atoms. The zero-order valence-corrected chi connectivity index (χ0v) is 12.1. The summed E-state index contributed by atoms with van der Waals surface area (Å²) >= 11 is 0. The highest BCUT2D eigenvalue weighted by molar-refractivity contribution is 5.77. The molecule has 0 rings (SSSR count). The first-order valence-corrected chi connectivity index (χ1v) is 6.74. The molecule has 0 fully saturated rings. The molecular weight excluding hydrogens is 232 g/mol. The topological polar surface area (TPSA) is 52.6 Å². The molecule has 18 heavy (non-hydrogen) atoms. The summed E-state index contributed by atoms with van der Waals surface area (Å²) in [6, 6.07) is 0. The fourth-order valence-corrected chi connectivity index (χ4v) is 2.02. The van der Waals surface area contributed by atoms with Crippen LogP contribution in [0, 0.1) is 5.41 Å².